The smallest absolute Gasteiger partial charge is 0.251 e. The van der Waals surface area contributed by atoms with E-state index in [0.717, 1.165) is 17.7 Å². The number of thiophene rings is 1. The van der Waals surface area contributed by atoms with E-state index >= 15 is 0 Å². The van der Waals surface area contributed by atoms with Crippen LogP contribution in [0.2, 0.25) is 0 Å². The average molecular weight is 314 g/mol. The number of carbonyl (C=O) groups is 2. The molecule has 0 saturated heterocycles. The second-order valence-electron chi connectivity index (χ2n) is 5.52. The quantitative estimate of drug-likeness (QED) is 0.890. The van der Waals surface area contributed by atoms with Crippen molar-refractivity contribution in [2.75, 3.05) is 5.32 Å². The molecule has 3 N–H and O–H groups in total. The molecule has 22 heavy (non-hydrogen) atoms. The normalized spacial score (nSPS) is 19.7. The molecule has 1 aliphatic carbocycles. The van der Waals surface area contributed by atoms with Crippen molar-refractivity contribution < 1.29 is 9.59 Å². The molecule has 1 aromatic heterocycles. The highest BCUT2D eigenvalue weighted by Gasteiger charge is 2.44. The van der Waals surface area contributed by atoms with Gasteiger partial charge in [-0.25, -0.2) is 0 Å². The molecule has 0 spiro atoms. The Hall–Kier alpha value is -2.14. The minimum atomic E-state index is -0.498. The van der Waals surface area contributed by atoms with Gasteiger partial charge in [-0.2, -0.15) is 0 Å². The number of hydrogen-bond acceptors (Lipinski definition) is 3. The number of anilines is 1. The van der Waals surface area contributed by atoms with Crippen LogP contribution in [0.25, 0.3) is 0 Å². The van der Waals surface area contributed by atoms with Crippen LogP contribution in [-0.2, 0) is 11.2 Å². The van der Waals surface area contributed by atoms with E-state index in [4.69, 9.17) is 5.73 Å². The van der Waals surface area contributed by atoms with Crippen molar-refractivity contribution in [2.45, 2.75) is 25.7 Å². The zero-order valence-corrected chi connectivity index (χ0v) is 13.2. The summed E-state index contributed by atoms with van der Waals surface area (Å²) in [6, 6.07) is 11.8. The molecule has 2 aromatic rings. The highest BCUT2D eigenvalue weighted by Crippen LogP contribution is 2.48. The van der Waals surface area contributed by atoms with Crippen LogP contribution >= 0.6 is 11.3 Å². The van der Waals surface area contributed by atoms with Gasteiger partial charge < -0.3 is 11.1 Å². The molecule has 0 radical (unpaired) electrons. The van der Waals surface area contributed by atoms with Crippen molar-refractivity contribution in [2.24, 2.45) is 11.7 Å². The lowest BCUT2D eigenvalue weighted by Crippen LogP contribution is -2.18. The first-order chi connectivity index (χ1) is 10.6. The molecule has 3 rings (SSSR count). The van der Waals surface area contributed by atoms with Crippen LogP contribution in [0.1, 0.15) is 40.1 Å². The molecular formula is C17H18N2O2S. The van der Waals surface area contributed by atoms with Gasteiger partial charge in [0.2, 0.25) is 5.91 Å². The molecule has 1 saturated carbocycles. The highest BCUT2D eigenvalue weighted by atomic mass is 32.1. The lowest BCUT2D eigenvalue weighted by molar-refractivity contribution is -0.117. The summed E-state index contributed by atoms with van der Waals surface area (Å²) in [5.41, 5.74) is 6.99. The van der Waals surface area contributed by atoms with Gasteiger partial charge in [0.25, 0.3) is 5.91 Å². The Kier molecular flexibility index (Phi) is 3.98. The Balaban J connectivity index is 1.71. The van der Waals surface area contributed by atoms with Gasteiger partial charge in [-0.3, -0.25) is 9.59 Å². The summed E-state index contributed by atoms with van der Waals surface area (Å²) >= 11 is 1.43. The van der Waals surface area contributed by atoms with E-state index in [0.29, 0.717) is 10.6 Å². The lowest BCUT2D eigenvalue weighted by atomic mass is 10.1. The summed E-state index contributed by atoms with van der Waals surface area (Å²) in [5.74, 6) is -0.262. The monoisotopic (exact) mass is 314 g/mol. The predicted molar refractivity (Wildman–Crippen MR) is 88.1 cm³/mol. The summed E-state index contributed by atoms with van der Waals surface area (Å²) in [5, 5.41) is 3.46. The van der Waals surface area contributed by atoms with Gasteiger partial charge in [-0.1, -0.05) is 37.3 Å². The van der Waals surface area contributed by atoms with E-state index in [1.807, 2.05) is 37.3 Å². The van der Waals surface area contributed by atoms with Crippen LogP contribution in [0.3, 0.4) is 0 Å². The fourth-order valence-electron chi connectivity index (χ4n) is 2.65. The summed E-state index contributed by atoms with van der Waals surface area (Å²) in [6.07, 6.45) is 1.67. The summed E-state index contributed by atoms with van der Waals surface area (Å²) in [7, 11) is 0. The molecule has 0 bridgehead atoms. The van der Waals surface area contributed by atoms with E-state index in [1.165, 1.54) is 16.9 Å². The Bertz CT molecular complexity index is 709. The molecule has 114 valence electrons. The van der Waals surface area contributed by atoms with Gasteiger partial charge in [-0.05, 0) is 30.4 Å². The average Bonchev–Trinajstić information content (AvgIpc) is 3.22. The van der Waals surface area contributed by atoms with Gasteiger partial charge in [0.15, 0.2) is 0 Å². The molecule has 5 heteroatoms. The van der Waals surface area contributed by atoms with Crippen LogP contribution in [-0.4, -0.2) is 11.8 Å². The molecule has 4 nitrogen and oxygen atoms in total. The van der Waals surface area contributed by atoms with E-state index < -0.39 is 5.91 Å². The maximum absolute atomic E-state index is 12.4. The summed E-state index contributed by atoms with van der Waals surface area (Å²) in [6.45, 7) is 2.01. The van der Waals surface area contributed by atoms with E-state index in [1.54, 1.807) is 6.07 Å². The van der Waals surface area contributed by atoms with E-state index in [-0.39, 0.29) is 17.7 Å². The van der Waals surface area contributed by atoms with Crippen molar-refractivity contribution in [1.82, 2.24) is 0 Å². The maximum atomic E-state index is 12.4. The third kappa shape index (κ3) is 2.90. The van der Waals surface area contributed by atoms with Crippen molar-refractivity contribution in [3.05, 3.63) is 52.4 Å². The lowest BCUT2D eigenvalue weighted by Gasteiger charge is -2.04. The molecule has 2 amide bonds. The zero-order valence-electron chi connectivity index (χ0n) is 12.3. The molecule has 0 aliphatic heterocycles. The number of nitrogens with one attached hydrogen (secondary N) is 1. The van der Waals surface area contributed by atoms with Gasteiger partial charge in [0.05, 0.1) is 5.56 Å². The Morgan fingerprint density at radius 1 is 1.32 bits per heavy atom. The zero-order chi connectivity index (χ0) is 15.7. The molecular weight excluding hydrogens is 296 g/mol. The third-order valence-corrected chi connectivity index (χ3v) is 5.18. The second kappa shape index (κ2) is 5.93. The second-order valence-corrected chi connectivity index (χ2v) is 6.66. The number of carbonyl (C=O) groups excluding carboxylic acids is 2. The van der Waals surface area contributed by atoms with Crippen LogP contribution in [0.4, 0.5) is 5.00 Å². The maximum Gasteiger partial charge on any atom is 0.251 e. The number of primary amides is 1. The topological polar surface area (TPSA) is 72.2 Å². The number of aryl methyl sites for hydroxylation is 1. The Morgan fingerprint density at radius 2 is 2.05 bits per heavy atom. The van der Waals surface area contributed by atoms with Crippen molar-refractivity contribution in [3.8, 4) is 0 Å². The SMILES string of the molecule is CCc1cc(C(N)=O)c(NC(=O)[C@@H]2C[C@@H]2c2ccccc2)s1. The molecule has 1 aliphatic rings. The first kappa shape index (κ1) is 14.8. The van der Waals surface area contributed by atoms with Crippen LogP contribution < -0.4 is 11.1 Å². The molecule has 2 atom stereocenters. The minimum absolute atomic E-state index is 0.0182. The third-order valence-electron chi connectivity index (χ3n) is 3.99. The first-order valence-electron chi connectivity index (χ1n) is 7.38. The van der Waals surface area contributed by atoms with Crippen molar-refractivity contribution in [3.63, 3.8) is 0 Å². The summed E-state index contributed by atoms with van der Waals surface area (Å²) in [4.78, 5) is 24.9. The fourth-order valence-corrected chi connectivity index (χ4v) is 3.65. The summed E-state index contributed by atoms with van der Waals surface area (Å²) < 4.78 is 0. The Labute approximate surface area is 133 Å². The Morgan fingerprint density at radius 3 is 2.68 bits per heavy atom. The van der Waals surface area contributed by atoms with Crippen molar-refractivity contribution in [1.29, 1.82) is 0 Å². The van der Waals surface area contributed by atoms with Gasteiger partial charge in [0, 0.05) is 10.8 Å². The highest BCUT2D eigenvalue weighted by molar-refractivity contribution is 7.16. The number of nitrogens with two attached hydrogens (primary N) is 1. The first-order valence-corrected chi connectivity index (χ1v) is 8.20. The van der Waals surface area contributed by atoms with E-state index in [2.05, 4.69) is 5.32 Å². The van der Waals surface area contributed by atoms with Crippen LogP contribution in [0.5, 0.6) is 0 Å². The molecule has 0 unspecified atom stereocenters. The van der Waals surface area contributed by atoms with Crippen molar-refractivity contribution >= 4 is 28.2 Å². The molecule has 1 fully saturated rings. The van der Waals surface area contributed by atoms with Crippen LogP contribution in [0, 0.1) is 5.92 Å². The number of hydrogen-bond donors (Lipinski definition) is 2. The van der Waals surface area contributed by atoms with Gasteiger partial charge in [-0.15, -0.1) is 11.3 Å². The number of amides is 2. The van der Waals surface area contributed by atoms with Crippen LogP contribution in [0.15, 0.2) is 36.4 Å². The fraction of sp³-hybridized carbons (Fsp3) is 0.294. The number of rotatable bonds is 5. The van der Waals surface area contributed by atoms with E-state index in [9.17, 15) is 9.59 Å². The molecule has 1 aromatic carbocycles. The minimum Gasteiger partial charge on any atom is -0.366 e. The number of benzene rings is 1. The van der Waals surface area contributed by atoms with Gasteiger partial charge >= 0.3 is 0 Å². The largest absolute Gasteiger partial charge is 0.366 e. The standard InChI is InChI=1S/C17H18N2O2S/c1-2-11-8-14(15(18)20)17(22-11)19-16(21)13-9-12(13)10-6-4-3-5-7-10/h3-8,12-13H,2,9H2,1H3,(H2,18,20)(H,19,21)/t12-,13-/m1/s1. The van der Waals surface area contributed by atoms with Gasteiger partial charge in [0.1, 0.15) is 5.00 Å². The predicted octanol–water partition coefficient (Wildman–Crippen LogP) is 3.15. The molecule has 1 heterocycles.